The first-order chi connectivity index (χ1) is 12.6. The van der Waals surface area contributed by atoms with Crippen molar-refractivity contribution in [1.82, 2.24) is 10.4 Å². The molecule has 6 nitrogen and oxygen atoms in total. The number of ether oxygens (including phenoxy) is 1. The molecule has 6 heteroatoms. The lowest BCUT2D eigenvalue weighted by atomic mass is 9.89. The fraction of sp³-hybridized carbons (Fsp3) is 0.300. The van der Waals surface area contributed by atoms with E-state index in [1.807, 2.05) is 60.7 Å². The maximum atomic E-state index is 12.2. The van der Waals surface area contributed by atoms with Crippen molar-refractivity contribution in [2.45, 2.75) is 31.4 Å². The molecule has 0 saturated carbocycles. The molecule has 1 atom stereocenters. The molecular formula is C20H22N2O4. The van der Waals surface area contributed by atoms with Crippen LogP contribution in [0.3, 0.4) is 0 Å². The Morgan fingerprint density at radius 2 is 1.65 bits per heavy atom. The molecule has 0 aliphatic carbocycles. The largest absolute Gasteiger partial charge is 0.480 e. The Balaban J connectivity index is 1.66. The summed E-state index contributed by atoms with van der Waals surface area (Å²) in [5.41, 5.74) is 3.26. The van der Waals surface area contributed by atoms with Crippen molar-refractivity contribution in [2.75, 3.05) is 6.54 Å². The number of carbonyl (C=O) groups excluding carboxylic acids is 1. The summed E-state index contributed by atoms with van der Waals surface area (Å²) < 4.78 is 5.23. The second-order valence-electron chi connectivity index (χ2n) is 6.43. The molecule has 0 spiro atoms. The monoisotopic (exact) mass is 354 g/mol. The Kier molecular flexibility index (Phi) is 5.53. The minimum absolute atomic E-state index is 0.138. The number of hydrogen-bond acceptors (Lipinski definition) is 4. The number of carbonyl (C=O) groups is 2. The number of amides is 1. The average molecular weight is 354 g/mol. The van der Waals surface area contributed by atoms with Crippen molar-refractivity contribution in [2.24, 2.45) is 0 Å². The molecule has 26 heavy (non-hydrogen) atoms. The lowest BCUT2D eigenvalue weighted by Crippen LogP contribution is -2.59. The smallest absolute Gasteiger partial charge is 0.422 e. The molecule has 1 unspecified atom stereocenters. The van der Waals surface area contributed by atoms with Gasteiger partial charge in [-0.05, 0) is 24.0 Å². The molecule has 0 bridgehead atoms. The van der Waals surface area contributed by atoms with Gasteiger partial charge >= 0.3 is 12.1 Å². The van der Waals surface area contributed by atoms with E-state index < -0.39 is 17.6 Å². The highest BCUT2D eigenvalue weighted by molar-refractivity contribution is 5.80. The molecule has 1 saturated heterocycles. The normalized spacial score (nSPS) is 19.8. The van der Waals surface area contributed by atoms with E-state index in [0.717, 1.165) is 11.1 Å². The summed E-state index contributed by atoms with van der Waals surface area (Å²) in [6.45, 7) is 0.610. The third kappa shape index (κ3) is 4.03. The van der Waals surface area contributed by atoms with Crippen LogP contribution in [0.2, 0.25) is 0 Å². The van der Waals surface area contributed by atoms with Crippen LogP contribution in [0.5, 0.6) is 0 Å². The van der Waals surface area contributed by atoms with Gasteiger partial charge in [0.2, 0.25) is 0 Å². The van der Waals surface area contributed by atoms with Gasteiger partial charge < -0.3 is 9.84 Å². The SMILES string of the molecule is O=C(NN1CCCC1(Cc1ccccc1)C(=O)O)OCc1ccccc1. The van der Waals surface area contributed by atoms with Crippen molar-refractivity contribution in [3.63, 3.8) is 0 Å². The number of carboxylic acids is 1. The van der Waals surface area contributed by atoms with Gasteiger partial charge in [0.25, 0.3) is 0 Å². The zero-order valence-electron chi connectivity index (χ0n) is 14.4. The molecule has 3 rings (SSSR count). The van der Waals surface area contributed by atoms with Gasteiger partial charge in [0.05, 0.1) is 0 Å². The average Bonchev–Trinajstić information content (AvgIpc) is 3.05. The zero-order valence-corrected chi connectivity index (χ0v) is 14.4. The van der Waals surface area contributed by atoms with E-state index in [1.165, 1.54) is 5.01 Å². The van der Waals surface area contributed by atoms with Crippen LogP contribution in [0.4, 0.5) is 4.79 Å². The van der Waals surface area contributed by atoms with E-state index in [0.29, 0.717) is 25.8 Å². The summed E-state index contributed by atoms with van der Waals surface area (Å²) in [5.74, 6) is -0.942. The van der Waals surface area contributed by atoms with E-state index >= 15 is 0 Å². The standard InChI is InChI=1S/C20H22N2O4/c23-18(24)20(14-16-8-3-1-4-9-16)12-7-13-22(20)21-19(25)26-15-17-10-5-2-6-11-17/h1-6,8-11H,7,12-15H2,(H,21,25)(H,23,24). The number of hydrazine groups is 1. The quantitative estimate of drug-likeness (QED) is 0.834. The highest BCUT2D eigenvalue weighted by Gasteiger charge is 2.48. The maximum absolute atomic E-state index is 12.2. The van der Waals surface area contributed by atoms with Crippen molar-refractivity contribution < 1.29 is 19.4 Å². The summed E-state index contributed by atoms with van der Waals surface area (Å²) in [6.07, 6.45) is 0.839. The lowest BCUT2D eigenvalue weighted by molar-refractivity contribution is -0.151. The molecular weight excluding hydrogens is 332 g/mol. The first kappa shape index (κ1) is 17.9. The van der Waals surface area contributed by atoms with E-state index in [1.54, 1.807) is 0 Å². The molecule has 2 aromatic carbocycles. The second kappa shape index (κ2) is 8.01. The third-order valence-corrected chi connectivity index (χ3v) is 4.67. The topological polar surface area (TPSA) is 78.9 Å². The first-order valence-corrected chi connectivity index (χ1v) is 8.62. The molecule has 0 aromatic heterocycles. The number of hydrogen-bond donors (Lipinski definition) is 2. The zero-order chi connectivity index (χ0) is 18.4. The molecule has 1 amide bonds. The number of nitrogens with one attached hydrogen (secondary N) is 1. The van der Waals surface area contributed by atoms with Crippen LogP contribution < -0.4 is 5.43 Å². The minimum Gasteiger partial charge on any atom is -0.480 e. The number of benzene rings is 2. The fourth-order valence-corrected chi connectivity index (χ4v) is 3.32. The molecule has 1 fully saturated rings. The summed E-state index contributed by atoms with van der Waals surface area (Å²) in [5, 5.41) is 11.4. The van der Waals surface area contributed by atoms with Crippen LogP contribution in [-0.2, 0) is 22.6 Å². The van der Waals surface area contributed by atoms with Crippen LogP contribution in [0.15, 0.2) is 60.7 Å². The van der Waals surface area contributed by atoms with Gasteiger partial charge in [0.1, 0.15) is 12.1 Å². The van der Waals surface area contributed by atoms with E-state index in [4.69, 9.17) is 4.74 Å². The molecule has 1 heterocycles. The minimum atomic E-state index is -1.16. The van der Waals surface area contributed by atoms with Crippen molar-refractivity contribution in [3.8, 4) is 0 Å². The summed E-state index contributed by atoms with van der Waals surface area (Å²) in [6, 6.07) is 18.8. The number of carboxylic acid groups (broad SMARTS) is 1. The molecule has 1 aliphatic heterocycles. The van der Waals surface area contributed by atoms with Crippen molar-refractivity contribution >= 4 is 12.1 Å². The third-order valence-electron chi connectivity index (χ3n) is 4.67. The van der Waals surface area contributed by atoms with Crippen LogP contribution in [0.25, 0.3) is 0 Å². The van der Waals surface area contributed by atoms with Crippen LogP contribution >= 0.6 is 0 Å². The lowest BCUT2D eigenvalue weighted by Gasteiger charge is -2.34. The highest BCUT2D eigenvalue weighted by atomic mass is 16.6. The Bertz CT molecular complexity index is 751. The van der Waals surface area contributed by atoms with Gasteiger partial charge in [-0.25, -0.2) is 9.80 Å². The van der Waals surface area contributed by atoms with Gasteiger partial charge in [-0.2, -0.15) is 0 Å². The van der Waals surface area contributed by atoms with Crippen LogP contribution in [-0.4, -0.2) is 34.3 Å². The Morgan fingerprint density at radius 3 is 2.27 bits per heavy atom. The van der Waals surface area contributed by atoms with E-state index in [-0.39, 0.29) is 6.61 Å². The van der Waals surface area contributed by atoms with Crippen LogP contribution in [0.1, 0.15) is 24.0 Å². The molecule has 2 N–H and O–H groups in total. The van der Waals surface area contributed by atoms with Gasteiger partial charge in [-0.1, -0.05) is 60.7 Å². The number of rotatable bonds is 6. The number of aliphatic carboxylic acids is 1. The molecule has 136 valence electrons. The predicted octanol–water partition coefficient (Wildman–Crippen LogP) is 2.99. The predicted molar refractivity (Wildman–Crippen MR) is 96.2 cm³/mol. The fourth-order valence-electron chi connectivity index (χ4n) is 3.32. The van der Waals surface area contributed by atoms with Gasteiger partial charge in [0.15, 0.2) is 0 Å². The Labute approximate surface area is 152 Å². The summed E-state index contributed by atoms with van der Waals surface area (Å²) in [4.78, 5) is 24.2. The molecule has 0 radical (unpaired) electrons. The Hall–Kier alpha value is -2.86. The van der Waals surface area contributed by atoms with Gasteiger partial charge in [-0.3, -0.25) is 10.2 Å². The van der Waals surface area contributed by atoms with Crippen molar-refractivity contribution in [3.05, 3.63) is 71.8 Å². The van der Waals surface area contributed by atoms with Gasteiger partial charge in [0, 0.05) is 13.0 Å². The van der Waals surface area contributed by atoms with E-state index in [9.17, 15) is 14.7 Å². The van der Waals surface area contributed by atoms with Crippen LogP contribution in [0, 0.1) is 0 Å². The second-order valence-corrected chi connectivity index (χ2v) is 6.43. The summed E-state index contributed by atoms with van der Waals surface area (Å²) in [7, 11) is 0. The molecule has 2 aromatic rings. The van der Waals surface area contributed by atoms with Gasteiger partial charge in [-0.15, -0.1) is 0 Å². The van der Waals surface area contributed by atoms with Crippen molar-refractivity contribution in [1.29, 1.82) is 0 Å². The Morgan fingerprint density at radius 1 is 1.04 bits per heavy atom. The maximum Gasteiger partial charge on any atom is 0.422 e. The number of nitrogens with zero attached hydrogens (tertiary/aromatic N) is 1. The van der Waals surface area contributed by atoms with E-state index in [2.05, 4.69) is 5.43 Å². The first-order valence-electron chi connectivity index (χ1n) is 8.62. The highest BCUT2D eigenvalue weighted by Crippen LogP contribution is 2.31. The molecule has 1 aliphatic rings. The summed E-state index contributed by atoms with van der Waals surface area (Å²) >= 11 is 0.